The van der Waals surface area contributed by atoms with Crippen LogP contribution in [0.2, 0.25) is 0 Å². The van der Waals surface area contributed by atoms with Crippen LogP contribution in [0.1, 0.15) is 22.8 Å². The van der Waals surface area contributed by atoms with Gasteiger partial charge in [-0.05, 0) is 47.5 Å². The van der Waals surface area contributed by atoms with Gasteiger partial charge in [0.15, 0.2) is 0 Å². The predicted molar refractivity (Wildman–Crippen MR) is 160 cm³/mol. The monoisotopic (exact) mass is 546 g/mol. The Labute approximate surface area is 236 Å². The molecule has 0 aliphatic carbocycles. The molecule has 1 atom stereocenters. The lowest BCUT2D eigenvalue weighted by molar-refractivity contribution is -0.119. The van der Waals surface area contributed by atoms with Crippen LogP contribution in [0.4, 0.5) is 11.4 Å². The van der Waals surface area contributed by atoms with Crippen molar-refractivity contribution in [1.29, 1.82) is 0 Å². The molecule has 3 amide bonds. The largest absolute Gasteiger partial charge is 0.322 e. The van der Waals surface area contributed by atoms with Gasteiger partial charge < -0.3 is 10.6 Å². The number of amides is 3. The molecule has 5 rings (SSSR count). The van der Waals surface area contributed by atoms with Gasteiger partial charge in [-0.1, -0.05) is 84.9 Å². The van der Waals surface area contributed by atoms with Crippen LogP contribution >= 0.6 is 11.8 Å². The van der Waals surface area contributed by atoms with Crippen LogP contribution < -0.4 is 15.6 Å². The zero-order chi connectivity index (χ0) is 27.7. The third kappa shape index (κ3) is 6.92. The normalized spacial score (nSPS) is 13.7. The van der Waals surface area contributed by atoms with E-state index in [2.05, 4.69) is 15.7 Å². The summed E-state index contributed by atoms with van der Waals surface area (Å²) >= 11 is 1.35. The number of rotatable bonds is 8. The van der Waals surface area contributed by atoms with Gasteiger partial charge in [0, 0.05) is 16.7 Å². The zero-order valence-electron chi connectivity index (χ0n) is 21.4. The van der Waals surface area contributed by atoms with Crippen molar-refractivity contribution in [2.24, 2.45) is 5.10 Å². The number of hydrazone groups is 1. The quantitative estimate of drug-likeness (QED) is 0.208. The number of benzene rings is 4. The van der Waals surface area contributed by atoms with E-state index in [1.807, 2.05) is 97.1 Å². The molecule has 1 aliphatic rings. The molecule has 7 nitrogen and oxygen atoms in total. The van der Waals surface area contributed by atoms with Gasteiger partial charge in [-0.3, -0.25) is 14.4 Å². The Kier molecular flexibility index (Phi) is 8.48. The van der Waals surface area contributed by atoms with Crippen LogP contribution in [0.5, 0.6) is 0 Å². The number of hydrogen-bond acceptors (Lipinski definition) is 5. The maximum Gasteiger partial charge on any atom is 0.255 e. The Morgan fingerprint density at radius 2 is 1.50 bits per heavy atom. The molecule has 0 saturated carbocycles. The Balaban J connectivity index is 1.30. The summed E-state index contributed by atoms with van der Waals surface area (Å²) < 4.78 is 0. The third-order valence-electron chi connectivity index (χ3n) is 5.97. The molecule has 1 aliphatic heterocycles. The fourth-order valence-corrected chi connectivity index (χ4v) is 5.17. The van der Waals surface area contributed by atoms with E-state index in [1.165, 1.54) is 22.8 Å². The van der Waals surface area contributed by atoms with Gasteiger partial charge in [0.05, 0.1) is 12.1 Å². The second kappa shape index (κ2) is 12.7. The minimum absolute atomic E-state index is 0.00479. The van der Waals surface area contributed by atoms with Crippen molar-refractivity contribution in [3.8, 4) is 0 Å². The molecule has 0 bridgehead atoms. The topological polar surface area (TPSA) is 90.9 Å². The molecule has 0 radical (unpaired) electrons. The van der Waals surface area contributed by atoms with E-state index in [0.29, 0.717) is 17.2 Å². The summed E-state index contributed by atoms with van der Waals surface area (Å²) in [5.74, 6) is -0.463. The average molecular weight is 547 g/mol. The lowest BCUT2D eigenvalue weighted by atomic mass is 10.1. The molecule has 40 heavy (non-hydrogen) atoms. The van der Waals surface area contributed by atoms with Crippen molar-refractivity contribution in [2.45, 2.75) is 16.6 Å². The molecule has 0 fully saturated rings. The summed E-state index contributed by atoms with van der Waals surface area (Å²) in [5, 5.41) is 10.8. The predicted octanol–water partition coefficient (Wildman–Crippen LogP) is 6.04. The first kappa shape index (κ1) is 26.6. The fraction of sp³-hybridized carbons (Fsp3) is 0.0625. The van der Waals surface area contributed by atoms with Gasteiger partial charge in [-0.2, -0.15) is 10.1 Å². The van der Waals surface area contributed by atoms with Crippen molar-refractivity contribution >= 4 is 52.8 Å². The number of nitrogens with one attached hydrogen (secondary N) is 2. The molecular formula is C32H26N4O3S. The van der Waals surface area contributed by atoms with E-state index in [9.17, 15) is 14.4 Å². The van der Waals surface area contributed by atoms with Gasteiger partial charge in [-0.25, -0.2) is 0 Å². The van der Waals surface area contributed by atoms with Crippen LogP contribution in [-0.4, -0.2) is 23.6 Å². The number of anilines is 2. The Morgan fingerprint density at radius 1 is 0.825 bits per heavy atom. The molecular weight excluding hydrogens is 520 g/mol. The number of carbonyl (C=O) groups is 3. The van der Waals surface area contributed by atoms with E-state index in [0.717, 1.165) is 16.0 Å². The zero-order valence-corrected chi connectivity index (χ0v) is 22.3. The van der Waals surface area contributed by atoms with Crippen LogP contribution in [-0.2, 0) is 14.4 Å². The molecule has 0 aromatic heterocycles. The molecule has 4 aromatic carbocycles. The SMILES string of the molecule is O=C(/C=C/c1ccccc1)Nc1cccc(SC(C(=O)NC2=NN(c3ccccc3)C(=O)C2)c2ccccc2)c1. The van der Waals surface area contributed by atoms with Crippen LogP contribution in [0.3, 0.4) is 0 Å². The molecule has 1 heterocycles. The average Bonchev–Trinajstić information content (AvgIpc) is 3.36. The number of thioether (sulfide) groups is 1. The van der Waals surface area contributed by atoms with Gasteiger partial charge in [0.25, 0.3) is 5.91 Å². The van der Waals surface area contributed by atoms with Gasteiger partial charge in [0.1, 0.15) is 11.1 Å². The smallest absolute Gasteiger partial charge is 0.255 e. The molecule has 4 aromatic rings. The van der Waals surface area contributed by atoms with Crippen molar-refractivity contribution in [2.75, 3.05) is 10.3 Å². The first-order valence-corrected chi connectivity index (χ1v) is 13.6. The molecule has 1 unspecified atom stereocenters. The summed E-state index contributed by atoms with van der Waals surface area (Å²) in [6, 6.07) is 35.4. The van der Waals surface area contributed by atoms with Gasteiger partial charge in [-0.15, -0.1) is 11.8 Å². The van der Waals surface area contributed by atoms with E-state index < -0.39 is 5.25 Å². The highest BCUT2D eigenvalue weighted by Crippen LogP contribution is 2.36. The van der Waals surface area contributed by atoms with Crippen LogP contribution in [0.25, 0.3) is 6.08 Å². The molecule has 2 N–H and O–H groups in total. The number of carbonyl (C=O) groups excluding carboxylic acids is 3. The third-order valence-corrected chi connectivity index (χ3v) is 7.21. The maximum atomic E-state index is 13.5. The van der Waals surface area contributed by atoms with Gasteiger partial charge >= 0.3 is 0 Å². The fourth-order valence-electron chi connectivity index (χ4n) is 4.08. The summed E-state index contributed by atoms with van der Waals surface area (Å²) in [4.78, 5) is 39.4. The minimum Gasteiger partial charge on any atom is -0.322 e. The summed E-state index contributed by atoms with van der Waals surface area (Å²) in [6.07, 6.45) is 3.24. The van der Waals surface area contributed by atoms with Crippen molar-refractivity contribution in [3.63, 3.8) is 0 Å². The lowest BCUT2D eigenvalue weighted by Crippen LogP contribution is -2.33. The van der Waals surface area contributed by atoms with Crippen molar-refractivity contribution in [1.82, 2.24) is 5.32 Å². The highest BCUT2D eigenvalue weighted by atomic mass is 32.2. The number of amidine groups is 1. The van der Waals surface area contributed by atoms with E-state index in [1.54, 1.807) is 24.3 Å². The molecule has 198 valence electrons. The summed E-state index contributed by atoms with van der Waals surface area (Å²) in [6.45, 7) is 0. The number of para-hydroxylation sites is 1. The van der Waals surface area contributed by atoms with Crippen molar-refractivity contribution in [3.05, 3.63) is 132 Å². The number of nitrogens with zero attached hydrogens (tertiary/aromatic N) is 2. The highest BCUT2D eigenvalue weighted by molar-refractivity contribution is 8.00. The van der Waals surface area contributed by atoms with E-state index in [4.69, 9.17) is 0 Å². The first-order valence-electron chi connectivity index (χ1n) is 12.7. The first-order chi connectivity index (χ1) is 19.5. The second-order valence-corrected chi connectivity index (χ2v) is 10.1. The molecule has 0 saturated heterocycles. The molecule has 8 heteroatoms. The lowest BCUT2D eigenvalue weighted by Gasteiger charge is -2.17. The van der Waals surface area contributed by atoms with Crippen LogP contribution in [0.15, 0.2) is 131 Å². The second-order valence-electron chi connectivity index (χ2n) is 8.92. The Hall–Kier alpha value is -4.95. The van der Waals surface area contributed by atoms with Crippen LogP contribution in [0, 0.1) is 0 Å². The minimum atomic E-state index is -0.617. The Morgan fingerprint density at radius 3 is 2.23 bits per heavy atom. The Bertz CT molecular complexity index is 1560. The van der Waals surface area contributed by atoms with E-state index in [-0.39, 0.29) is 24.1 Å². The van der Waals surface area contributed by atoms with Crippen molar-refractivity contribution < 1.29 is 14.4 Å². The standard InChI is InChI=1S/C32H26N4O3S/c37-29(20-19-23-11-4-1-5-12-23)33-25-15-10-18-27(21-25)40-31(24-13-6-2-7-14-24)32(39)34-28-22-30(38)36(35-28)26-16-8-3-9-17-26/h1-21,31H,22H2,(H,33,37)(H,34,35,39)/b20-19+. The summed E-state index contributed by atoms with van der Waals surface area (Å²) in [5.41, 5.74) is 2.99. The molecule has 0 spiro atoms. The number of hydrogen-bond donors (Lipinski definition) is 2. The van der Waals surface area contributed by atoms with E-state index >= 15 is 0 Å². The maximum absolute atomic E-state index is 13.5. The van der Waals surface area contributed by atoms with Gasteiger partial charge in [0.2, 0.25) is 11.8 Å². The highest BCUT2D eigenvalue weighted by Gasteiger charge is 2.29. The summed E-state index contributed by atoms with van der Waals surface area (Å²) in [7, 11) is 0.